The SMILES string of the molecule is CCCC(N)CC(=O)NCC1(C)COC1. The molecular weight excluding hydrogens is 192 g/mol. The summed E-state index contributed by atoms with van der Waals surface area (Å²) >= 11 is 0. The van der Waals surface area contributed by atoms with Crippen LogP contribution in [0.1, 0.15) is 33.1 Å². The van der Waals surface area contributed by atoms with Gasteiger partial charge in [0.1, 0.15) is 0 Å². The molecule has 4 nitrogen and oxygen atoms in total. The number of carbonyl (C=O) groups is 1. The molecule has 0 saturated carbocycles. The molecule has 4 heteroatoms. The van der Waals surface area contributed by atoms with E-state index in [2.05, 4.69) is 19.2 Å². The van der Waals surface area contributed by atoms with E-state index in [0.29, 0.717) is 13.0 Å². The maximum atomic E-state index is 11.5. The molecule has 0 aromatic carbocycles. The fourth-order valence-electron chi connectivity index (χ4n) is 1.65. The summed E-state index contributed by atoms with van der Waals surface area (Å²) in [4.78, 5) is 11.5. The number of ether oxygens (including phenoxy) is 1. The number of hydrogen-bond donors (Lipinski definition) is 2. The molecule has 1 aliphatic heterocycles. The molecule has 88 valence electrons. The van der Waals surface area contributed by atoms with E-state index in [4.69, 9.17) is 10.5 Å². The van der Waals surface area contributed by atoms with Gasteiger partial charge in [-0.25, -0.2) is 0 Å². The molecule has 1 unspecified atom stereocenters. The van der Waals surface area contributed by atoms with Gasteiger partial charge in [-0.1, -0.05) is 20.3 Å². The van der Waals surface area contributed by atoms with E-state index in [0.717, 1.165) is 26.1 Å². The Bertz CT molecular complexity index is 215. The zero-order valence-corrected chi connectivity index (χ0v) is 9.71. The fraction of sp³-hybridized carbons (Fsp3) is 0.909. The average molecular weight is 214 g/mol. The van der Waals surface area contributed by atoms with Gasteiger partial charge in [0, 0.05) is 24.4 Å². The summed E-state index contributed by atoms with van der Waals surface area (Å²) in [5.74, 6) is 0.0593. The van der Waals surface area contributed by atoms with Gasteiger partial charge in [0.05, 0.1) is 13.2 Å². The van der Waals surface area contributed by atoms with E-state index < -0.39 is 0 Å². The van der Waals surface area contributed by atoms with Crippen LogP contribution in [0.3, 0.4) is 0 Å². The molecule has 0 spiro atoms. The van der Waals surface area contributed by atoms with E-state index in [1.165, 1.54) is 0 Å². The molecular formula is C11H22N2O2. The topological polar surface area (TPSA) is 64.4 Å². The van der Waals surface area contributed by atoms with E-state index in [9.17, 15) is 4.79 Å². The Morgan fingerprint density at radius 2 is 2.27 bits per heavy atom. The van der Waals surface area contributed by atoms with E-state index in [1.807, 2.05) is 0 Å². The van der Waals surface area contributed by atoms with Crippen molar-refractivity contribution in [2.75, 3.05) is 19.8 Å². The van der Waals surface area contributed by atoms with Gasteiger partial charge in [0.15, 0.2) is 0 Å². The van der Waals surface area contributed by atoms with Gasteiger partial charge < -0.3 is 15.8 Å². The Kier molecular flexibility index (Phi) is 4.54. The number of nitrogens with two attached hydrogens (primary N) is 1. The third kappa shape index (κ3) is 4.18. The molecule has 0 bridgehead atoms. The molecule has 1 amide bonds. The Labute approximate surface area is 91.5 Å². The van der Waals surface area contributed by atoms with Crippen molar-refractivity contribution in [3.63, 3.8) is 0 Å². The molecule has 15 heavy (non-hydrogen) atoms. The van der Waals surface area contributed by atoms with Crippen molar-refractivity contribution in [3.8, 4) is 0 Å². The number of carbonyl (C=O) groups excluding carboxylic acids is 1. The summed E-state index contributed by atoms with van der Waals surface area (Å²) in [5.41, 5.74) is 5.93. The fourth-order valence-corrected chi connectivity index (χ4v) is 1.65. The molecule has 0 radical (unpaired) electrons. The Balaban J connectivity index is 2.13. The Morgan fingerprint density at radius 3 is 2.73 bits per heavy atom. The highest BCUT2D eigenvalue weighted by atomic mass is 16.5. The van der Waals surface area contributed by atoms with Crippen LogP contribution in [-0.2, 0) is 9.53 Å². The molecule has 1 aliphatic rings. The molecule has 1 heterocycles. The highest BCUT2D eigenvalue weighted by molar-refractivity contribution is 5.76. The minimum atomic E-state index is 0.000414. The van der Waals surface area contributed by atoms with E-state index in [-0.39, 0.29) is 17.4 Å². The molecule has 3 N–H and O–H groups in total. The Hall–Kier alpha value is -0.610. The van der Waals surface area contributed by atoms with Crippen molar-refractivity contribution in [1.29, 1.82) is 0 Å². The predicted molar refractivity (Wildman–Crippen MR) is 59.4 cm³/mol. The lowest BCUT2D eigenvalue weighted by Gasteiger charge is -2.38. The van der Waals surface area contributed by atoms with Gasteiger partial charge in [0.25, 0.3) is 0 Å². The number of nitrogens with one attached hydrogen (secondary N) is 1. The van der Waals surface area contributed by atoms with Crippen molar-refractivity contribution in [1.82, 2.24) is 5.32 Å². The third-order valence-electron chi connectivity index (χ3n) is 2.72. The lowest BCUT2D eigenvalue weighted by atomic mass is 9.88. The molecule has 0 aromatic heterocycles. The maximum absolute atomic E-state index is 11.5. The first-order valence-electron chi connectivity index (χ1n) is 5.66. The zero-order valence-electron chi connectivity index (χ0n) is 9.71. The molecule has 0 aromatic rings. The van der Waals surface area contributed by atoms with Gasteiger partial charge in [-0.15, -0.1) is 0 Å². The highest BCUT2D eigenvalue weighted by Gasteiger charge is 2.33. The van der Waals surface area contributed by atoms with Crippen molar-refractivity contribution in [2.45, 2.75) is 39.2 Å². The van der Waals surface area contributed by atoms with Crippen molar-refractivity contribution >= 4 is 5.91 Å². The predicted octanol–water partition coefficient (Wildman–Crippen LogP) is 0.657. The summed E-state index contributed by atoms with van der Waals surface area (Å²) < 4.78 is 5.11. The maximum Gasteiger partial charge on any atom is 0.221 e. The van der Waals surface area contributed by atoms with Gasteiger partial charge >= 0.3 is 0 Å². The van der Waals surface area contributed by atoms with E-state index >= 15 is 0 Å². The summed E-state index contributed by atoms with van der Waals surface area (Å²) in [6.45, 7) is 6.38. The number of rotatable bonds is 6. The van der Waals surface area contributed by atoms with Crippen LogP contribution in [0, 0.1) is 5.41 Å². The minimum absolute atomic E-state index is 0.000414. The van der Waals surface area contributed by atoms with Crippen LogP contribution in [0.4, 0.5) is 0 Å². The molecule has 1 atom stereocenters. The second-order valence-corrected chi connectivity index (χ2v) is 4.83. The largest absolute Gasteiger partial charge is 0.380 e. The van der Waals surface area contributed by atoms with Crippen LogP contribution in [0.5, 0.6) is 0 Å². The second kappa shape index (κ2) is 5.47. The van der Waals surface area contributed by atoms with Gasteiger partial charge in [-0.3, -0.25) is 4.79 Å². The third-order valence-corrected chi connectivity index (χ3v) is 2.72. The smallest absolute Gasteiger partial charge is 0.221 e. The van der Waals surface area contributed by atoms with Crippen molar-refractivity contribution in [2.24, 2.45) is 11.1 Å². The standard InChI is InChI=1S/C11H22N2O2/c1-3-4-9(12)5-10(14)13-6-11(2)7-15-8-11/h9H,3-8,12H2,1-2H3,(H,13,14). The molecule has 0 aliphatic carbocycles. The van der Waals surface area contributed by atoms with Crippen LogP contribution < -0.4 is 11.1 Å². The van der Waals surface area contributed by atoms with Crippen molar-refractivity contribution in [3.05, 3.63) is 0 Å². The molecule has 1 fully saturated rings. The normalized spacial score (nSPS) is 20.5. The van der Waals surface area contributed by atoms with Gasteiger partial charge in [0.2, 0.25) is 5.91 Å². The number of amides is 1. The van der Waals surface area contributed by atoms with Crippen LogP contribution in [0.15, 0.2) is 0 Å². The van der Waals surface area contributed by atoms with E-state index in [1.54, 1.807) is 0 Å². The first-order valence-corrected chi connectivity index (χ1v) is 5.66. The Morgan fingerprint density at radius 1 is 1.60 bits per heavy atom. The average Bonchev–Trinajstić information content (AvgIpc) is 2.12. The van der Waals surface area contributed by atoms with Crippen molar-refractivity contribution < 1.29 is 9.53 Å². The lowest BCUT2D eigenvalue weighted by molar-refractivity contribution is -0.127. The van der Waals surface area contributed by atoms with Crippen LogP contribution in [-0.4, -0.2) is 31.7 Å². The first-order chi connectivity index (χ1) is 7.06. The first kappa shape index (κ1) is 12.5. The van der Waals surface area contributed by atoms with Crippen LogP contribution >= 0.6 is 0 Å². The summed E-state index contributed by atoms with van der Waals surface area (Å²) in [6, 6.07) is 0.000414. The summed E-state index contributed by atoms with van der Waals surface area (Å²) in [7, 11) is 0. The zero-order chi connectivity index (χ0) is 11.3. The summed E-state index contributed by atoms with van der Waals surface area (Å²) in [5, 5.41) is 2.92. The minimum Gasteiger partial charge on any atom is -0.380 e. The van der Waals surface area contributed by atoms with Crippen LogP contribution in [0.25, 0.3) is 0 Å². The van der Waals surface area contributed by atoms with Gasteiger partial charge in [-0.2, -0.15) is 0 Å². The summed E-state index contributed by atoms with van der Waals surface area (Å²) in [6.07, 6.45) is 2.37. The second-order valence-electron chi connectivity index (χ2n) is 4.83. The number of hydrogen-bond acceptors (Lipinski definition) is 3. The molecule has 1 saturated heterocycles. The molecule has 1 rings (SSSR count). The lowest BCUT2D eigenvalue weighted by Crippen LogP contribution is -2.49. The highest BCUT2D eigenvalue weighted by Crippen LogP contribution is 2.24. The van der Waals surface area contributed by atoms with Crippen LogP contribution in [0.2, 0.25) is 0 Å². The monoisotopic (exact) mass is 214 g/mol. The quantitative estimate of drug-likeness (QED) is 0.682. The van der Waals surface area contributed by atoms with Gasteiger partial charge in [-0.05, 0) is 6.42 Å².